The summed E-state index contributed by atoms with van der Waals surface area (Å²) in [6.45, 7) is 3.91. The van der Waals surface area contributed by atoms with E-state index in [2.05, 4.69) is 0 Å². The van der Waals surface area contributed by atoms with E-state index < -0.39 is 11.0 Å². The molecule has 3 nitrogen and oxygen atoms in total. The van der Waals surface area contributed by atoms with Gasteiger partial charge >= 0.3 is 0 Å². The zero-order chi connectivity index (χ0) is 13.1. The van der Waals surface area contributed by atoms with Crippen molar-refractivity contribution in [1.82, 2.24) is 0 Å². The third kappa shape index (κ3) is 1.02. The van der Waals surface area contributed by atoms with E-state index in [4.69, 9.17) is 4.74 Å². The van der Waals surface area contributed by atoms with Crippen LogP contribution in [-0.4, -0.2) is 18.0 Å². The van der Waals surface area contributed by atoms with Crippen LogP contribution in [0.4, 0.5) is 0 Å². The molecule has 3 atom stereocenters. The molecule has 0 aromatic heterocycles. The van der Waals surface area contributed by atoms with Crippen molar-refractivity contribution < 1.29 is 14.6 Å². The van der Waals surface area contributed by atoms with Crippen molar-refractivity contribution in [2.75, 3.05) is 7.11 Å². The van der Waals surface area contributed by atoms with Crippen LogP contribution >= 0.6 is 0 Å². The molecule has 1 aromatic rings. The summed E-state index contributed by atoms with van der Waals surface area (Å²) in [5.41, 5.74) is -0.395. The highest BCUT2D eigenvalue weighted by molar-refractivity contribution is 6.08. The Labute approximate surface area is 107 Å². The van der Waals surface area contributed by atoms with E-state index >= 15 is 0 Å². The van der Waals surface area contributed by atoms with Gasteiger partial charge in [-0.25, -0.2) is 0 Å². The topological polar surface area (TPSA) is 46.5 Å². The summed E-state index contributed by atoms with van der Waals surface area (Å²) in [5, 5.41) is 11.1. The zero-order valence-corrected chi connectivity index (χ0v) is 11.0. The highest BCUT2D eigenvalue weighted by Crippen LogP contribution is 2.63. The fourth-order valence-corrected chi connectivity index (χ4v) is 3.83. The number of aliphatic hydroxyl groups is 1. The fraction of sp³-hybridized carbons (Fsp3) is 0.533. The van der Waals surface area contributed by atoms with E-state index in [1.165, 1.54) is 0 Å². The largest absolute Gasteiger partial charge is 0.496 e. The molecule has 0 saturated heterocycles. The van der Waals surface area contributed by atoms with E-state index in [-0.39, 0.29) is 11.7 Å². The van der Waals surface area contributed by atoms with Gasteiger partial charge in [-0.05, 0) is 37.3 Å². The highest BCUT2D eigenvalue weighted by Gasteiger charge is 2.66. The first-order chi connectivity index (χ1) is 8.46. The Morgan fingerprint density at radius 1 is 1.44 bits per heavy atom. The summed E-state index contributed by atoms with van der Waals surface area (Å²) >= 11 is 0. The average molecular weight is 246 g/mol. The van der Waals surface area contributed by atoms with Crippen molar-refractivity contribution in [2.45, 2.75) is 32.3 Å². The number of methoxy groups -OCH3 is 1. The molecule has 0 aliphatic heterocycles. The Hall–Kier alpha value is -1.35. The van der Waals surface area contributed by atoms with Crippen molar-refractivity contribution in [3.05, 3.63) is 29.3 Å². The number of rotatable bonds is 1. The Morgan fingerprint density at radius 3 is 2.83 bits per heavy atom. The lowest BCUT2D eigenvalue weighted by Crippen LogP contribution is -2.41. The molecular weight excluding hydrogens is 228 g/mol. The minimum Gasteiger partial charge on any atom is -0.496 e. The molecule has 1 saturated carbocycles. The SMILES string of the molecule is COc1cccc2c1C(=O)[C@]1(C)CC[C@@H](C)[C@]21O. The number of ketones is 1. The summed E-state index contributed by atoms with van der Waals surface area (Å²) < 4.78 is 5.29. The maximum Gasteiger partial charge on any atom is 0.176 e. The molecule has 1 aromatic carbocycles. The first kappa shape index (κ1) is 11.7. The molecule has 2 aliphatic rings. The maximum absolute atomic E-state index is 12.7. The van der Waals surface area contributed by atoms with Gasteiger partial charge in [-0.2, -0.15) is 0 Å². The van der Waals surface area contributed by atoms with Gasteiger partial charge in [0.1, 0.15) is 11.4 Å². The molecular formula is C15H18O3. The van der Waals surface area contributed by atoms with Crippen LogP contribution in [0.25, 0.3) is 0 Å². The van der Waals surface area contributed by atoms with Crippen LogP contribution in [-0.2, 0) is 5.60 Å². The van der Waals surface area contributed by atoms with Crippen molar-refractivity contribution in [3.63, 3.8) is 0 Å². The lowest BCUT2D eigenvalue weighted by Gasteiger charge is -2.35. The second kappa shape index (κ2) is 3.35. The fourth-order valence-electron chi connectivity index (χ4n) is 3.83. The average Bonchev–Trinajstić information content (AvgIpc) is 2.72. The van der Waals surface area contributed by atoms with Crippen molar-refractivity contribution in [1.29, 1.82) is 0 Å². The van der Waals surface area contributed by atoms with E-state index in [0.717, 1.165) is 18.4 Å². The van der Waals surface area contributed by atoms with Gasteiger partial charge in [0.05, 0.1) is 18.1 Å². The highest BCUT2D eigenvalue weighted by atomic mass is 16.5. The van der Waals surface area contributed by atoms with Crippen molar-refractivity contribution in [2.24, 2.45) is 11.3 Å². The normalized spacial score (nSPS) is 37.6. The Kier molecular flexibility index (Phi) is 2.18. The molecule has 0 bridgehead atoms. The van der Waals surface area contributed by atoms with Gasteiger partial charge in [0.15, 0.2) is 5.78 Å². The molecule has 3 heteroatoms. The molecule has 0 unspecified atom stereocenters. The van der Waals surface area contributed by atoms with Crippen molar-refractivity contribution in [3.8, 4) is 5.75 Å². The number of ether oxygens (including phenoxy) is 1. The summed E-state index contributed by atoms with van der Waals surface area (Å²) in [6, 6.07) is 5.50. The van der Waals surface area contributed by atoms with E-state index in [9.17, 15) is 9.90 Å². The summed E-state index contributed by atoms with van der Waals surface area (Å²) in [5.74, 6) is 0.704. The summed E-state index contributed by atoms with van der Waals surface area (Å²) in [7, 11) is 1.56. The second-order valence-electron chi connectivity index (χ2n) is 5.75. The number of hydrogen-bond donors (Lipinski definition) is 1. The lowest BCUT2D eigenvalue weighted by atomic mass is 9.73. The predicted octanol–water partition coefficient (Wildman–Crippen LogP) is 2.52. The van der Waals surface area contributed by atoms with Crippen LogP contribution in [0.3, 0.4) is 0 Å². The first-order valence-electron chi connectivity index (χ1n) is 6.41. The van der Waals surface area contributed by atoms with Crippen LogP contribution < -0.4 is 4.74 Å². The molecule has 0 spiro atoms. The third-order valence-corrected chi connectivity index (χ3v) is 5.02. The summed E-state index contributed by atoms with van der Waals surface area (Å²) in [6.07, 6.45) is 1.62. The first-order valence-corrected chi connectivity index (χ1v) is 6.41. The van der Waals surface area contributed by atoms with Crippen molar-refractivity contribution >= 4 is 5.78 Å². The summed E-state index contributed by atoms with van der Waals surface area (Å²) in [4.78, 5) is 12.7. The van der Waals surface area contributed by atoms with E-state index in [1.807, 2.05) is 26.0 Å². The number of fused-ring (bicyclic) bond motifs is 3. The van der Waals surface area contributed by atoms with Gasteiger partial charge in [-0.15, -0.1) is 0 Å². The minimum absolute atomic E-state index is 0.0294. The van der Waals surface area contributed by atoms with Crippen LogP contribution in [0.15, 0.2) is 18.2 Å². The van der Waals surface area contributed by atoms with Crippen LogP contribution in [0.1, 0.15) is 42.6 Å². The standard InChI is InChI=1S/C15H18O3/c1-9-7-8-14(2)13(16)12-10(15(9,14)17)5-4-6-11(12)18-3/h4-6,9,17H,7-8H2,1-3H3/t9-,14+,15+/m1/s1. The van der Waals surface area contributed by atoms with Gasteiger partial charge in [0.2, 0.25) is 0 Å². The van der Waals surface area contributed by atoms with Crippen LogP contribution in [0, 0.1) is 11.3 Å². The monoisotopic (exact) mass is 246 g/mol. The number of carbonyl (C=O) groups is 1. The molecule has 18 heavy (non-hydrogen) atoms. The lowest BCUT2D eigenvalue weighted by molar-refractivity contribution is -0.0599. The van der Waals surface area contributed by atoms with Crippen LogP contribution in [0.2, 0.25) is 0 Å². The van der Waals surface area contributed by atoms with E-state index in [1.54, 1.807) is 13.2 Å². The number of carbonyl (C=O) groups excluding carboxylic acids is 1. The Morgan fingerprint density at radius 2 is 2.17 bits per heavy atom. The van der Waals surface area contributed by atoms with Gasteiger partial charge in [0.25, 0.3) is 0 Å². The number of Topliss-reactive ketones (excluding diaryl/α,β-unsaturated/α-hetero) is 1. The molecule has 2 aliphatic carbocycles. The van der Waals surface area contributed by atoms with Gasteiger partial charge in [0, 0.05) is 0 Å². The molecule has 0 radical (unpaired) electrons. The molecule has 3 rings (SSSR count). The Bertz CT molecular complexity index is 537. The second-order valence-corrected chi connectivity index (χ2v) is 5.75. The van der Waals surface area contributed by atoms with Crippen LogP contribution in [0.5, 0.6) is 5.75 Å². The van der Waals surface area contributed by atoms with E-state index in [0.29, 0.717) is 11.3 Å². The Balaban J connectivity index is 2.33. The number of benzene rings is 1. The number of hydrogen-bond acceptors (Lipinski definition) is 3. The van der Waals surface area contributed by atoms with Gasteiger partial charge < -0.3 is 9.84 Å². The van der Waals surface area contributed by atoms with Gasteiger partial charge in [-0.1, -0.05) is 19.1 Å². The zero-order valence-electron chi connectivity index (χ0n) is 11.0. The predicted molar refractivity (Wildman–Crippen MR) is 67.7 cm³/mol. The smallest absolute Gasteiger partial charge is 0.176 e. The van der Waals surface area contributed by atoms with Gasteiger partial charge in [-0.3, -0.25) is 4.79 Å². The molecule has 96 valence electrons. The molecule has 1 fully saturated rings. The molecule has 0 amide bonds. The quantitative estimate of drug-likeness (QED) is 0.828. The minimum atomic E-state index is -1.03. The third-order valence-electron chi connectivity index (χ3n) is 5.02. The molecule has 1 N–H and O–H groups in total. The maximum atomic E-state index is 12.7. The molecule has 0 heterocycles.